The first-order valence-corrected chi connectivity index (χ1v) is 6.00. The van der Waals surface area contributed by atoms with Gasteiger partial charge in [-0.1, -0.05) is 29.8 Å². The Hall–Kier alpha value is -1.47. The SMILES string of the molecule is Cc1cc(C)c(-c2ccc(Cl)c(N)c2)cc1C. The highest BCUT2D eigenvalue weighted by Crippen LogP contribution is 2.30. The van der Waals surface area contributed by atoms with Gasteiger partial charge in [0.2, 0.25) is 0 Å². The van der Waals surface area contributed by atoms with E-state index in [-0.39, 0.29) is 0 Å². The summed E-state index contributed by atoms with van der Waals surface area (Å²) in [4.78, 5) is 0. The van der Waals surface area contributed by atoms with E-state index in [1.165, 1.54) is 22.3 Å². The third-order valence-electron chi connectivity index (χ3n) is 3.15. The van der Waals surface area contributed by atoms with Crippen LogP contribution >= 0.6 is 11.6 Å². The van der Waals surface area contributed by atoms with Gasteiger partial charge in [0.25, 0.3) is 0 Å². The molecule has 2 aromatic rings. The molecule has 0 aliphatic carbocycles. The molecule has 0 radical (unpaired) electrons. The molecule has 88 valence electrons. The Kier molecular flexibility index (Phi) is 3.12. The lowest BCUT2D eigenvalue weighted by molar-refractivity contribution is 1.30. The van der Waals surface area contributed by atoms with Gasteiger partial charge >= 0.3 is 0 Å². The third kappa shape index (κ3) is 2.29. The van der Waals surface area contributed by atoms with Crippen molar-refractivity contribution < 1.29 is 0 Å². The van der Waals surface area contributed by atoms with E-state index in [4.69, 9.17) is 17.3 Å². The maximum atomic E-state index is 5.94. The lowest BCUT2D eigenvalue weighted by Gasteiger charge is -2.11. The number of anilines is 1. The molecule has 0 aliphatic heterocycles. The highest BCUT2D eigenvalue weighted by Gasteiger charge is 2.06. The van der Waals surface area contributed by atoms with E-state index in [9.17, 15) is 0 Å². The smallest absolute Gasteiger partial charge is 0.0635 e. The van der Waals surface area contributed by atoms with Crippen molar-refractivity contribution in [3.8, 4) is 11.1 Å². The number of aryl methyl sites for hydroxylation is 3. The monoisotopic (exact) mass is 245 g/mol. The molecule has 0 atom stereocenters. The van der Waals surface area contributed by atoms with Crippen molar-refractivity contribution >= 4 is 17.3 Å². The fourth-order valence-electron chi connectivity index (χ4n) is 1.98. The molecule has 17 heavy (non-hydrogen) atoms. The summed E-state index contributed by atoms with van der Waals surface area (Å²) in [7, 11) is 0. The second-order valence-corrected chi connectivity index (χ2v) is 4.89. The van der Waals surface area contributed by atoms with E-state index in [0.29, 0.717) is 10.7 Å². The maximum absolute atomic E-state index is 5.94. The minimum absolute atomic E-state index is 0.607. The molecule has 0 spiro atoms. The summed E-state index contributed by atoms with van der Waals surface area (Å²) in [5, 5.41) is 0.607. The largest absolute Gasteiger partial charge is 0.398 e. The van der Waals surface area contributed by atoms with Gasteiger partial charge in [-0.2, -0.15) is 0 Å². The lowest BCUT2D eigenvalue weighted by Crippen LogP contribution is -1.91. The molecule has 0 heterocycles. The normalized spacial score (nSPS) is 10.6. The van der Waals surface area contributed by atoms with Gasteiger partial charge in [0.15, 0.2) is 0 Å². The predicted molar refractivity (Wildman–Crippen MR) is 75.5 cm³/mol. The van der Waals surface area contributed by atoms with E-state index in [1.807, 2.05) is 18.2 Å². The topological polar surface area (TPSA) is 26.0 Å². The van der Waals surface area contributed by atoms with Gasteiger partial charge in [-0.05, 0) is 60.7 Å². The summed E-state index contributed by atoms with van der Waals surface area (Å²) < 4.78 is 0. The van der Waals surface area contributed by atoms with Crippen LogP contribution in [0.25, 0.3) is 11.1 Å². The predicted octanol–water partition coefficient (Wildman–Crippen LogP) is 4.51. The number of nitrogen functional groups attached to an aromatic ring is 1. The first kappa shape index (κ1) is 12.0. The first-order valence-electron chi connectivity index (χ1n) is 5.62. The second kappa shape index (κ2) is 4.42. The standard InChI is InChI=1S/C15H16ClN/c1-9-6-11(3)13(7-10(9)2)12-4-5-14(16)15(17)8-12/h4-8H,17H2,1-3H3. The minimum atomic E-state index is 0.607. The molecule has 2 rings (SSSR count). The van der Waals surface area contributed by atoms with Gasteiger partial charge in [-0.3, -0.25) is 0 Å². The van der Waals surface area contributed by atoms with Crippen LogP contribution in [0.2, 0.25) is 5.02 Å². The second-order valence-electron chi connectivity index (χ2n) is 4.49. The first-order chi connectivity index (χ1) is 7.99. The van der Waals surface area contributed by atoms with Crippen molar-refractivity contribution in [2.45, 2.75) is 20.8 Å². The molecule has 0 aromatic heterocycles. The molecule has 0 aliphatic rings. The Morgan fingerprint density at radius 2 is 1.53 bits per heavy atom. The molecular weight excluding hydrogens is 230 g/mol. The number of hydrogen-bond donors (Lipinski definition) is 1. The van der Waals surface area contributed by atoms with Crippen LogP contribution in [0.1, 0.15) is 16.7 Å². The van der Waals surface area contributed by atoms with Gasteiger partial charge < -0.3 is 5.73 Å². The fraction of sp³-hybridized carbons (Fsp3) is 0.200. The van der Waals surface area contributed by atoms with Crippen molar-refractivity contribution in [3.63, 3.8) is 0 Å². The number of hydrogen-bond acceptors (Lipinski definition) is 1. The van der Waals surface area contributed by atoms with E-state index < -0.39 is 0 Å². The summed E-state index contributed by atoms with van der Waals surface area (Å²) >= 11 is 5.94. The van der Waals surface area contributed by atoms with Gasteiger partial charge in [0.1, 0.15) is 0 Å². The van der Waals surface area contributed by atoms with E-state index in [1.54, 1.807) is 0 Å². The Bertz CT molecular complexity index is 573. The highest BCUT2D eigenvalue weighted by molar-refractivity contribution is 6.33. The molecule has 1 nitrogen and oxygen atoms in total. The molecule has 0 unspecified atom stereocenters. The molecule has 0 saturated heterocycles. The molecule has 0 saturated carbocycles. The van der Waals surface area contributed by atoms with E-state index in [2.05, 4.69) is 32.9 Å². The zero-order valence-corrected chi connectivity index (χ0v) is 11.1. The van der Waals surface area contributed by atoms with Gasteiger partial charge in [0.05, 0.1) is 10.7 Å². The summed E-state index contributed by atoms with van der Waals surface area (Å²) in [6.45, 7) is 6.37. The van der Waals surface area contributed by atoms with Crippen LogP contribution in [0.5, 0.6) is 0 Å². The lowest BCUT2D eigenvalue weighted by atomic mass is 9.95. The molecule has 0 fully saturated rings. The quantitative estimate of drug-likeness (QED) is 0.735. The van der Waals surface area contributed by atoms with Crippen LogP contribution in [0.4, 0.5) is 5.69 Å². The Labute approximate surface area is 107 Å². The van der Waals surface area contributed by atoms with Crippen LogP contribution < -0.4 is 5.73 Å². The zero-order valence-electron chi connectivity index (χ0n) is 10.3. The third-order valence-corrected chi connectivity index (χ3v) is 3.49. The minimum Gasteiger partial charge on any atom is -0.398 e. The van der Waals surface area contributed by atoms with Crippen molar-refractivity contribution in [2.75, 3.05) is 5.73 Å². The van der Waals surface area contributed by atoms with E-state index in [0.717, 1.165) is 5.56 Å². The molecule has 0 amide bonds. The highest BCUT2D eigenvalue weighted by atomic mass is 35.5. The summed E-state index contributed by atoms with van der Waals surface area (Å²) in [5.74, 6) is 0. The Morgan fingerprint density at radius 1 is 0.882 bits per heavy atom. The average molecular weight is 246 g/mol. The van der Waals surface area contributed by atoms with Crippen molar-refractivity contribution in [2.24, 2.45) is 0 Å². The van der Waals surface area contributed by atoms with Crippen LogP contribution in [-0.2, 0) is 0 Å². The summed E-state index contributed by atoms with van der Waals surface area (Å²) in [6.07, 6.45) is 0. The zero-order chi connectivity index (χ0) is 12.6. The molecule has 2 N–H and O–H groups in total. The molecule has 0 bridgehead atoms. The average Bonchev–Trinajstić information content (AvgIpc) is 2.27. The number of halogens is 1. The number of benzene rings is 2. The van der Waals surface area contributed by atoms with Crippen molar-refractivity contribution in [3.05, 3.63) is 52.0 Å². The summed E-state index contributed by atoms with van der Waals surface area (Å²) in [5.41, 5.74) is 12.7. The number of rotatable bonds is 1. The fourth-order valence-corrected chi connectivity index (χ4v) is 2.10. The Morgan fingerprint density at radius 3 is 2.18 bits per heavy atom. The van der Waals surface area contributed by atoms with Gasteiger partial charge in [-0.15, -0.1) is 0 Å². The van der Waals surface area contributed by atoms with Crippen LogP contribution in [-0.4, -0.2) is 0 Å². The van der Waals surface area contributed by atoms with Crippen molar-refractivity contribution in [1.29, 1.82) is 0 Å². The molecule has 2 heteroatoms. The van der Waals surface area contributed by atoms with Gasteiger partial charge in [0, 0.05) is 0 Å². The Balaban J connectivity index is 2.60. The maximum Gasteiger partial charge on any atom is 0.0635 e. The summed E-state index contributed by atoms with van der Waals surface area (Å²) in [6, 6.07) is 10.2. The van der Waals surface area contributed by atoms with Gasteiger partial charge in [-0.25, -0.2) is 0 Å². The van der Waals surface area contributed by atoms with Crippen molar-refractivity contribution in [1.82, 2.24) is 0 Å². The van der Waals surface area contributed by atoms with Crippen LogP contribution in [0.3, 0.4) is 0 Å². The van der Waals surface area contributed by atoms with E-state index >= 15 is 0 Å². The molecule has 2 aromatic carbocycles. The molecular formula is C15H16ClN. The van der Waals surface area contributed by atoms with Crippen LogP contribution in [0, 0.1) is 20.8 Å². The van der Waals surface area contributed by atoms with Crippen LogP contribution in [0.15, 0.2) is 30.3 Å². The number of nitrogens with two attached hydrogens (primary N) is 1.